The summed E-state index contributed by atoms with van der Waals surface area (Å²) in [6.45, 7) is 12.0. The zero-order chi connectivity index (χ0) is 7.89. The van der Waals surface area contributed by atoms with E-state index in [4.69, 9.17) is 0 Å². The minimum Gasteiger partial charge on any atom is -0.147 e. The van der Waals surface area contributed by atoms with E-state index in [2.05, 4.69) is 34.6 Å². The summed E-state index contributed by atoms with van der Waals surface area (Å²) in [7, 11) is 0. The molecular formula is C10H24Cl4. The Kier molecular flexibility index (Phi) is 16.4. The summed E-state index contributed by atoms with van der Waals surface area (Å²) in [5, 5.41) is 0. The van der Waals surface area contributed by atoms with Gasteiger partial charge in [0.05, 0.1) is 0 Å². The van der Waals surface area contributed by atoms with Crippen LogP contribution >= 0.6 is 49.6 Å². The summed E-state index contributed by atoms with van der Waals surface area (Å²) in [5.74, 6) is 4.68. The van der Waals surface area contributed by atoms with Crippen molar-refractivity contribution in [3.05, 3.63) is 0 Å². The van der Waals surface area contributed by atoms with E-state index in [9.17, 15) is 0 Å². The average molecular weight is 286 g/mol. The predicted molar refractivity (Wildman–Crippen MR) is 74.8 cm³/mol. The molecule has 4 heteroatoms. The third-order valence-electron chi connectivity index (χ3n) is 4.15. The second-order valence-corrected chi connectivity index (χ2v) is 4.30. The number of halogens is 4. The molecule has 0 aromatic carbocycles. The molecule has 0 heterocycles. The Bertz CT molecular complexity index is 84.5. The Morgan fingerprint density at radius 1 is 0.357 bits per heavy atom. The lowest BCUT2D eigenvalue weighted by Crippen LogP contribution is -2.07. The van der Waals surface area contributed by atoms with Crippen LogP contribution < -0.4 is 0 Å². The molecule has 0 aliphatic heterocycles. The van der Waals surface area contributed by atoms with Gasteiger partial charge >= 0.3 is 0 Å². The summed E-state index contributed by atoms with van der Waals surface area (Å²) < 4.78 is 0. The fourth-order valence-corrected chi connectivity index (χ4v) is 2.39. The smallest absolute Gasteiger partial charge is 0.0386 e. The van der Waals surface area contributed by atoms with Crippen molar-refractivity contribution in [1.82, 2.24) is 0 Å². The third kappa shape index (κ3) is 4.35. The van der Waals surface area contributed by atoms with Crippen molar-refractivity contribution in [3.63, 3.8) is 0 Å². The first-order valence-electron chi connectivity index (χ1n) is 4.55. The van der Waals surface area contributed by atoms with Gasteiger partial charge in [0.15, 0.2) is 0 Å². The average Bonchev–Trinajstić information content (AvgIpc) is 2.07. The SMILES string of the molecule is CC1C(C)C(C)C(C)C1C.Cl.Cl.Cl.Cl. The van der Waals surface area contributed by atoms with Crippen LogP contribution in [-0.2, 0) is 0 Å². The summed E-state index contributed by atoms with van der Waals surface area (Å²) in [6, 6.07) is 0. The van der Waals surface area contributed by atoms with Gasteiger partial charge in [-0.15, -0.1) is 49.6 Å². The first-order valence-corrected chi connectivity index (χ1v) is 4.55. The monoisotopic (exact) mass is 284 g/mol. The number of hydrogen-bond donors (Lipinski definition) is 0. The van der Waals surface area contributed by atoms with Gasteiger partial charge in [-0.25, -0.2) is 0 Å². The Labute approximate surface area is 114 Å². The summed E-state index contributed by atoms with van der Waals surface area (Å²) in [4.78, 5) is 0. The van der Waals surface area contributed by atoms with Gasteiger partial charge in [-0.3, -0.25) is 0 Å². The lowest BCUT2D eigenvalue weighted by Gasteiger charge is -2.14. The predicted octanol–water partition coefficient (Wildman–Crippen LogP) is 4.87. The van der Waals surface area contributed by atoms with Gasteiger partial charge in [-0.05, 0) is 29.6 Å². The van der Waals surface area contributed by atoms with E-state index in [0.717, 1.165) is 29.6 Å². The summed E-state index contributed by atoms with van der Waals surface area (Å²) in [5.41, 5.74) is 0. The molecule has 0 radical (unpaired) electrons. The van der Waals surface area contributed by atoms with Crippen molar-refractivity contribution in [2.45, 2.75) is 34.6 Å². The topological polar surface area (TPSA) is 0 Å². The molecule has 1 aliphatic rings. The number of hydrogen-bond acceptors (Lipinski definition) is 0. The van der Waals surface area contributed by atoms with Crippen LogP contribution in [0, 0.1) is 29.6 Å². The lowest BCUT2D eigenvalue weighted by atomic mass is 9.92. The Morgan fingerprint density at radius 3 is 0.500 bits per heavy atom. The molecule has 14 heavy (non-hydrogen) atoms. The second-order valence-electron chi connectivity index (χ2n) is 4.30. The van der Waals surface area contributed by atoms with Gasteiger partial charge in [0.25, 0.3) is 0 Å². The first kappa shape index (κ1) is 24.4. The van der Waals surface area contributed by atoms with E-state index in [1.807, 2.05) is 0 Å². The second kappa shape index (κ2) is 9.39. The maximum Gasteiger partial charge on any atom is -0.0386 e. The minimum atomic E-state index is 0. The van der Waals surface area contributed by atoms with Gasteiger partial charge in [0.2, 0.25) is 0 Å². The van der Waals surface area contributed by atoms with Gasteiger partial charge < -0.3 is 0 Å². The standard InChI is InChI=1S/C10H20.4ClH/c1-6-7(2)9(4)10(5)8(6)3;;;;/h6-10H,1-5H3;4*1H. The van der Waals surface area contributed by atoms with Crippen molar-refractivity contribution < 1.29 is 0 Å². The Hall–Kier alpha value is 1.16. The maximum absolute atomic E-state index is 2.40. The van der Waals surface area contributed by atoms with Crippen LogP contribution in [0.1, 0.15) is 34.6 Å². The minimum absolute atomic E-state index is 0. The van der Waals surface area contributed by atoms with Crippen molar-refractivity contribution >= 4 is 49.6 Å². The van der Waals surface area contributed by atoms with E-state index in [-0.39, 0.29) is 49.6 Å². The van der Waals surface area contributed by atoms with Crippen LogP contribution in [0.25, 0.3) is 0 Å². The van der Waals surface area contributed by atoms with E-state index >= 15 is 0 Å². The molecule has 0 aromatic heterocycles. The molecule has 0 saturated heterocycles. The summed E-state index contributed by atoms with van der Waals surface area (Å²) >= 11 is 0. The summed E-state index contributed by atoms with van der Waals surface area (Å²) in [6.07, 6.45) is 0. The zero-order valence-electron chi connectivity index (χ0n) is 9.52. The molecule has 0 amide bonds. The molecule has 0 spiro atoms. The largest absolute Gasteiger partial charge is 0.147 e. The highest BCUT2D eigenvalue weighted by Crippen LogP contribution is 2.44. The molecule has 1 rings (SSSR count). The maximum atomic E-state index is 2.40. The molecule has 1 fully saturated rings. The Morgan fingerprint density at radius 2 is 0.429 bits per heavy atom. The van der Waals surface area contributed by atoms with Gasteiger partial charge in [0, 0.05) is 0 Å². The molecule has 1 saturated carbocycles. The molecule has 0 nitrogen and oxygen atoms in total. The van der Waals surface area contributed by atoms with E-state index in [0.29, 0.717) is 0 Å². The van der Waals surface area contributed by atoms with Crippen LogP contribution in [0.5, 0.6) is 0 Å². The molecule has 1 aliphatic carbocycles. The normalized spacial score (nSPS) is 39.6. The van der Waals surface area contributed by atoms with Gasteiger partial charge in [-0.1, -0.05) is 34.6 Å². The first-order chi connectivity index (χ1) is 4.55. The van der Waals surface area contributed by atoms with E-state index in [1.54, 1.807) is 0 Å². The quantitative estimate of drug-likeness (QED) is 0.596. The van der Waals surface area contributed by atoms with Crippen molar-refractivity contribution in [2.24, 2.45) is 29.6 Å². The molecule has 0 bridgehead atoms. The molecule has 0 N–H and O–H groups in total. The van der Waals surface area contributed by atoms with Gasteiger partial charge in [-0.2, -0.15) is 0 Å². The van der Waals surface area contributed by atoms with Crippen LogP contribution in [0.4, 0.5) is 0 Å². The lowest BCUT2D eigenvalue weighted by molar-refractivity contribution is 0.352. The van der Waals surface area contributed by atoms with Crippen molar-refractivity contribution in [1.29, 1.82) is 0 Å². The van der Waals surface area contributed by atoms with E-state index in [1.165, 1.54) is 0 Å². The fraction of sp³-hybridized carbons (Fsp3) is 1.00. The number of rotatable bonds is 0. The Balaban J connectivity index is -0.000000125. The van der Waals surface area contributed by atoms with Crippen molar-refractivity contribution in [2.75, 3.05) is 0 Å². The highest BCUT2D eigenvalue weighted by Gasteiger charge is 2.38. The van der Waals surface area contributed by atoms with Crippen LogP contribution in [-0.4, -0.2) is 0 Å². The molecule has 0 aromatic rings. The van der Waals surface area contributed by atoms with Crippen LogP contribution in [0.3, 0.4) is 0 Å². The molecule has 92 valence electrons. The van der Waals surface area contributed by atoms with Gasteiger partial charge in [0.1, 0.15) is 0 Å². The van der Waals surface area contributed by atoms with Crippen molar-refractivity contribution in [3.8, 4) is 0 Å². The van der Waals surface area contributed by atoms with Crippen LogP contribution in [0.2, 0.25) is 0 Å². The highest BCUT2D eigenvalue weighted by atomic mass is 35.5. The molecular weight excluding hydrogens is 262 g/mol. The van der Waals surface area contributed by atoms with E-state index < -0.39 is 0 Å². The zero-order valence-corrected chi connectivity index (χ0v) is 12.8. The highest BCUT2D eigenvalue weighted by molar-refractivity contribution is 5.86. The molecule has 0 unspecified atom stereocenters. The fourth-order valence-electron chi connectivity index (χ4n) is 2.39. The third-order valence-corrected chi connectivity index (χ3v) is 4.15. The van der Waals surface area contributed by atoms with Crippen LogP contribution in [0.15, 0.2) is 0 Å². The molecule has 0 atom stereocenters.